The van der Waals surface area contributed by atoms with Crippen LogP contribution in [0, 0.1) is 0 Å². The van der Waals surface area contributed by atoms with Gasteiger partial charge in [0.05, 0.1) is 5.69 Å². The van der Waals surface area contributed by atoms with Crippen LogP contribution in [0.15, 0.2) is 0 Å². The molecular formula is C15H26N2S2. The van der Waals surface area contributed by atoms with Crippen molar-refractivity contribution in [3.05, 3.63) is 15.6 Å². The van der Waals surface area contributed by atoms with Crippen molar-refractivity contribution in [2.45, 2.75) is 70.2 Å². The maximum absolute atomic E-state index is 4.87. The van der Waals surface area contributed by atoms with Crippen LogP contribution in [0.3, 0.4) is 0 Å². The highest BCUT2D eigenvalue weighted by Gasteiger charge is 2.24. The van der Waals surface area contributed by atoms with Gasteiger partial charge in [-0.3, -0.25) is 0 Å². The Morgan fingerprint density at radius 2 is 2.00 bits per heavy atom. The summed E-state index contributed by atoms with van der Waals surface area (Å²) in [5.41, 5.74) is 1.45. The van der Waals surface area contributed by atoms with Gasteiger partial charge in [-0.1, -0.05) is 33.6 Å². The predicted octanol–water partition coefficient (Wildman–Crippen LogP) is 4.34. The molecule has 4 heteroatoms. The lowest BCUT2D eigenvalue weighted by Crippen LogP contribution is -2.26. The zero-order valence-electron chi connectivity index (χ0n) is 12.6. The maximum atomic E-state index is 4.87. The summed E-state index contributed by atoms with van der Waals surface area (Å²) in [5, 5.41) is 5.01. The summed E-state index contributed by atoms with van der Waals surface area (Å²) in [6.07, 6.45) is 7.63. The van der Waals surface area contributed by atoms with Gasteiger partial charge in [0.25, 0.3) is 0 Å². The fourth-order valence-corrected chi connectivity index (χ4v) is 4.58. The van der Waals surface area contributed by atoms with Gasteiger partial charge in [-0.2, -0.15) is 11.8 Å². The van der Waals surface area contributed by atoms with Crippen molar-refractivity contribution in [2.24, 2.45) is 0 Å². The molecule has 0 bridgehead atoms. The highest BCUT2D eigenvalue weighted by molar-refractivity contribution is 7.97. The molecule has 0 radical (unpaired) electrons. The van der Waals surface area contributed by atoms with E-state index in [2.05, 4.69) is 32.3 Å². The molecule has 0 amide bonds. The monoisotopic (exact) mass is 298 g/mol. The van der Waals surface area contributed by atoms with E-state index in [1.807, 2.05) is 23.1 Å². The molecule has 0 spiro atoms. The van der Waals surface area contributed by atoms with Crippen LogP contribution in [0.25, 0.3) is 0 Å². The number of thiazole rings is 1. The van der Waals surface area contributed by atoms with Gasteiger partial charge in [-0.05, 0) is 19.1 Å². The van der Waals surface area contributed by atoms with Gasteiger partial charge >= 0.3 is 0 Å². The molecule has 0 atom stereocenters. The Morgan fingerprint density at radius 3 is 2.58 bits per heavy atom. The number of hydrogen-bond acceptors (Lipinski definition) is 4. The lowest BCUT2D eigenvalue weighted by molar-refractivity contribution is 0.512. The summed E-state index contributed by atoms with van der Waals surface area (Å²) in [7, 11) is 0. The van der Waals surface area contributed by atoms with E-state index in [0.717, 1.165) is 18.3 Å². The fraction of sp³-hybridized carbons (Fsp3) is 0.800. The standard InChI is InChI=1S/C15H26N2S2/c1-15(2,3)14-12(19-13(17-14)10-18-4)9-16-11-7-5-6-8-11/h11,16H,5-10H2,1-4H3. The normalized spacial score (nSPS) is 17.3. The molecule has 0 unspecified atom stereocenters. The number of aromatic nitrogens is 1. The molecule has 1 saturated carbocycles. The van der Waals surface area contributed by atoms with Crippen molar-refractivity contribution >= 4 is 23.1 Å². The van der Waals surface area contributed by atoms with Crippen LogP contribution in [0.2, 0.25) is 0 Å². The van der Waals surface area contributed by atoms with Gasteiger partial charge in [-0.25, -0.2) is 4.98 Å². The molecule has 0 aliphatic heterocycles. The van der Waals surface area contributed by atoms with Gasteiger partial charge in [0.15, 0.2) is 0 Å². The lowest BCUT2D eigenvalue weighted by Gasteiger charge is -2.19. The Kier molecular flexibility index (Phi) is 5.32. The quantitative estimate of drug-likeness (QED) is 0.875. The molecule has 2 nitrogen and oxygen atoms in total. The first kappa shape index (κ1) is 15.3. The summed E-state index contributed by atoms with van der Waals surface area (Å²) in [6, 6.07) is 0.735. The van der Waals surface area contributed by atoms with Gasteiger partial charge in [0.1, 0.15) is 5.01 Å². The van der Waals surface area contributed by atoms with Crippen LogP contribution in [0.4, 0.5) is 0 Å². The van der Waals surface area contributed by atoms with Crippen LogP contribution in [0.5, 0.6) is 0 Å². The van der Waals surface area contributed by atoms with Crippen molar-refractivity contribution in [3.8, 4) is 0 Å². The molecule has 0 saturated heterocycles. The van der Waals surface area contributed by atoms with E-state index in [9.17, 15) is 0 Å². The minimum Gasteiger partial charge on any atom is -0.309 e. The molecular weight excluding hydrogens is 272 g/mol. The van der Waals surface area contributed by atoms with Crippen LogP contribution in [-0.4, -0.2) is 17.3 Å². The second kappa shape index (κ2) is 6.59. The average molecular weight is 299 g/mol. The Labute approximate surface area is 125 Å². The zero-order valence-corrected chi connectivity index (χ0v) is 14.2. The first-order valence-corrected chi connectivity index (χ1v) is 9.43. The molecule has 1 aliphatic carbocycles. The van der Waals surface area contributed by atoms with Crippen LogP contribution >= 0.6 is 23.1 Å². The first-order chi connectivity index (χ1) is 9.00. The van der Waals surface area contributed by atoms with E-state index in [4.69, 9.17) is 4.98 Å². The van der Waals surface area contributed by atoms with Gasteiger partial charge in [0, 0.05) is 28.6 Å². The first-order valence-electron chi connectivity index (χ1n) is 7.22. The number of nitrogens with zero attached hydrogens (tertiary/aromatic N) is 1. The van der Waals surface area contributed by atoms with Gasteiger partial charge in [0.2, 0.25) is 0 Å². The summed E-state index contributed by atoms with van der Waals surface area (Å²) in [4.78, 5) is 6.32. The number of rotatable bonds is 5. The number of nitrogens with one attached hydrogen (secondary N) is 1. The number of hydrogen-bond donors (Lipinski definition) is 1. The molecule has 1 aliphatic rings. The third-order valence-electron chi connectivity index (χ3n) is 3.63. The van der Waals surface area contributed by atoms with Gasteiger partial charge in [-0.15, -0.1) is 11.3 Å². The summed E-state index contributed by atoms with van der Waals surface area (Å²) in [6.45, 7) is 7.81. The van der Waals surface area contributed by atoms with Crippen LogP contribution < -0.4 is 5.32 Å². The largest absolute Gasteiger partial charge is 0.309 e. The molecule has 108 valence electrons. The second-order valence-electron chi connectivity index (χ2n) is 6.42. The molecule has 0 aromatic carbocycles. The highest BCUT2D eigenvalue weighted by Crippen LogP contribution is 2.31. The minimum atomic E-state index is 0.153. The van der Waals surface area contributed by atoms with Crippen LogP contribution in [0.1, 0.15) is 62.0 Å². The maximum Gasteiger partial charge on any atom is 0.103 e. The van der Waals surface area contributed by atoms with Crippen molar-refractivity contribution < 1.29 is 0 Å². The lowest BCUT2D eigenvalue weighted by atomic mass is 9.91. The Morgan fingerprint density at radius 1 is 1.32 bits per heavy atom. The fourth-order valence-electron chi connectivity index (χ4n) is 2.66. The van der Waals surface area contributed by atoms with E-state index in [1.165, 1.54) is 41.3 Å². The molecule has 1 N–H and O–H groups in total. The Hall–Kier alpha value is -0.0600. The summed E-state index contributed by atoms with van der Waals surface area (Å²) < 4.78 is 0. The van der Waals surface area contributed by atoms with Gasteiger partial charge < -0.3 is 5.32 Å². The second-order valence-corrected chi connectivity index (χ2v) is 8.46. The highest BCUT2D eigenvalue weighted by atomic mass is 32.2. The predicted molar refractivity (Wildman–Crippen MR) is 87.1 cm³/mol. The minimum absolute atomic E-state index is 0.153. The third kappa shape index (κ3) is 4.20. The van der Waals surface area contributed by atoms with Crippen molar-refractivity contribution in [3.63, 3.8) is 0 Å². The Bertz CT molecular complexity index is 401. The van der Waals surface area contributed by atoms with E-state index in [-0.39, 0.29) is 5.41 Å². The number of thioether (sulfide) groups is 1. The van der Waals surface area contributed by atoms with E-state index in [1.54, 1.807) is 0 Å². The average Bonchev–Trinajstić information content (AvgIpc) is 2.94. The van der Waals surface area contributed by atoms with E-state index >= 15 is 0 Å². The van der Waals surface area contributed by atoms with E-state index < -0.39 is 0 Å². The molecule has 19 heavy (non-hydrogen) atoms. The van der Waals surface area contributed by atoms with E-state index in [0.29, 0.717) is 0 Å². The van der Waals surface area contributed by atoms with Crippen molar-refractivity contribution in [2.75, 3.05) is 6.26 Å². The van der Waals surface area contributed by atoms with Crippen molar-refractivity contribution in [1.29, 1.82) is 0 Å². The van der Waals surface area contributed by atoms with Crippen molar-refractivity contribution in [1.82, 2.24) is 10.3 Å². The SMILES string of the molecule is CSCc1nc(C(C)(C)C)c(CNC2CCCC2)s1. The summed E-state index contributed by atoms with van der Waals surface area (Å²) >= 11 is 3.76. The summed E-state index contributed by atoms with van der Waals surface area (Å²) in [5.74, 6) is 1.04. The molecule has 1 aromatic heterocycles. The Balaban J connectivity index is 2.07. The molecule has 1 aromatic rings. The topological polar surface area (TPSA) is 24.9 Å². The zero-order chi connectivity index (χ0) is 13.9. The smallest absolute Gasteiger partial charge is 0.103 e. The molecule has 2 rings (SSSR count). The third-order valence-corrected chi connectivity index (χ3v) is 5.43. The van der Waals surface area contributed by atoms with Crippen LogP contribution in [-0.2, 0) is 17.7 Å². The molecule has 1 heterocycles. The molecule has 1 fully saturated rings.